The Balaban J connectivity index is 1.35. The molecule has 0 saturated carbocycles. The van der Waals surface area contributed by atoms with Crippen molar-refractivity contribution in [3.8, 4) is 0 Å². The standard InChI is InChI=1S/C24H21BrN4O4/c1-2-12-7-15(25)8-13-10-18(27-21(12)13)22(31)26-16-3-4-17-14(9-16)11-29(24(17)33)19-5-6-20(30)28-23(19)32/h3-4,7-10,19,27H,2,5-6,11H2,1H3,(H,26,31)(H,28,30,32). The Morgan fingerprint density at radius 2 is 2.00 bits per heavy atom. The average Bonchev–Trinajstić information content (AvgIpc) is 3.34. The third-order valence-corrected chi connectivity index (χ3v) is 6.64. The minimum atomic E-state index is -0.668. The highest BCUT2D eigenvalue weighted by Gasteiger charge is 2.39. The van der Waals surface area contributed by atoms with Crippen LogP contribution in [0.2, 0.25) is 0 Å². The number of amides is 4. The number of rotatable bonds is 4. The lowest BCUT2D eigenvalue weighted by atomic mass is 10.0. The molecule has 4 amide bonds. The molecule has 2 aliphatic heterocycles. The van der Waals surface area contributed by atoms with E-state index in [2.05, 4.69) is 38.5 Å². The fraction of sp³-hybridized carbons (Fsp3) is 0.250. The van der Waals surface area contributed by atoms with Crippen LogP contribution in [0.15, 0.2) is 40.9 Å². The number of anilines is 1. The van der Waals surface area contributed by atoms with Gasteiger partial charge in [-0.2, -0.15) is 0 Å². The molecule has 1 aromatic heterocycles. The number of fused-ring (bicyclic) bond motifs is 2. The maximum Gasteiger partial charge on any atom is 0.272 e. The summed E-state index contributed by atoms with van der Waals surface area (Å²) >= 11 is 3.51. The number of benzene rings is 2. The number of hydrogen-bond donors (Lipinski definition) is 3. The van der Waals surface area contributed by atoms with Gasteiger partial charge in [-0.05, 0) is 60.4 Å². The second-order valence-electron chi connectivity index (χ2n) is 8.29. The second kappa shape index (κ2) is 8.15. The Morgan fingerprint density at radius 1 is 1.18 bits per heavy atom. The zero-order valence-electron chi connectivity index (χ0n) is 17.8. The summed E-state index contributed by atoms with van der Waals surface area (Å²) < 4.78 is 0.960. The Labute approximate surface area is 197 Å². The van der Waals surface area contributed by atoms with E-state index in [-0.39, 0.29) is 30.7 Å². The molecule has 0 bridgehead atoms. The fourth-order valence-electron chi connectivity index (χ4n) is 4.53. The number of aromatic amines is 1. The lowest BCUT2D eigenvalue weighted by Crippen LogP contribution is -2.52. The monoisotopic (exact) mass is 508 g/mol. The van der Waals surface area contributed by atoms with E-state index in [1.807, 2.05) is 18.2 Å². The average molecular weight is 509 g/mol. The smallest absolute Gasteiger partial charge is 0.272 e. The van der Waals surface area contributed by atoms with Crippen molar-refractivity contribution in [2.24, 2.45) is 0 Å². The molecule has 3 aromatic rings. The zero-order chi connectivity index (χ0) is 23.3. The number of halogens is 1. The van der Waals surface area contributed by atoms with Crippen LogP contribution >= 0.6 is 15.9 Å². The first-order chi connectivity index (χ1) is 15.8. The largest absolute Gasteiger partial charge is 0.350 e. The summed E-state index contributed by atoms with van der Waals surface area (Å²) in [5, 5.41) is 6.14. The molecule has 0 aliphatic carbocycles. The van der Waals surface area contributed by atoms with Crippen LogP contribution < -0.4 is 10.6 Å². The molecule has 1 saturated heterocycles. The summed E-state index contributed by atoms with van der Waals surface area (Å²) in [6, 6.07) is 10.2. The summed E-state index contributed by atoms with van der Waals surface area (Å²) in [5.41, 5.74) is 4.29. The molecule has 2 aromatic carbocycles. The highest BCUT2D eigenvalue weighted by Crippen LogP contribution is 2.30. The molecule has 8 nitrogen and oxygen atoms in total. The van der Waals surface area contributed by atoms with Crippen LogP contribution in [-0.4, -0.2) is 39.6 Å². The summed E-state index contributed by atoms with van der Waals surface area (Å²) in [6.07, 6.45) is 1.35. The Bertz CT molecular complexity index is 1350. The van der Waals surface area contributed by atoms with E-state index >= 15 is 0 Å². The SMILES string of the molecule is CCc1cc(Br)cc2cc(C(=O)Nc3ccc4c(c3)CN(C3CCC(=O)NC3=O)C4=O)[nH]c12. The van der Waals surface area contributed by atoms with Gasteiger partial charge in [0.05, 0.1) is 0 Å². The summed E-state index contributed by atoms with van der Waals surface area (Å²) in [4.78, 5) is 54.1. The van der Waals surface area contributed by atoms with E-state index in [0.29, 0.717) is 23.4 Å². The third kappa shape index (κ3) is 3.82. The van der Waals surface area contributed by atoms with Gasteiger partial charge in [0.25, 0.3) is 11.8 Å². The predicted molar refractivity (Wildman–Crippen MR) is 126 cm³/mol. The van der Waals surface area contributed by atoms with Crippen LogP contribution in [0.1, 0.15) is 51.7 Å². The molecule has 3 heterocycles. The summed E-state index contributed by atoms with van der Waals surface area (Å²) in [7, 11) is 0. The molecule has 0 spiro atoms. The second-order valence-corrected chi connectivity index (χ2v) is 9.21. The Morgan fingerprint density at radius 3 is 2.76 bits per heavy atom. The van der Waals surface area contributed by atoms with Gasteiger partial charge in [-0.15, -0.1) is 0 Å². The van der Waals surface area contributed by atoms with Gasteiger partial charge < -0.3 is 15.2 Å². The molecule has 3 N–H and O–H groups in total. The molecular formula is C24H21BrN4O4. The van der Waals surface area contributed by atoms with Gasteiger partial charge in [0.15, 0.2) is 0 Å². The van der Waals surface area contributed by atoms with Gasteiger partial charge in [0, 0.05) is 39.6 Å². The summed E-state index contributed by atoms with van der Waals surface area (Å²) in [6.45, 7) is 2.32. The molecular weight excluding hydrogens is 488 g/mol. The van der Waals surface area contributed by atoms with Crippen molar-refractivity contribution in [3.05, 3.63) is 63.3 Å². The van der Waals surface area contributed by atoms with Crippen LogP contribution in [0, 0.1) is 0 Å². The first-order valence-electron chi connectivity index (χ1n) is 10.7. The van der Waals surface area contributed by atoms with Gasteiger partial charge in [0.2, 0.25) is 11.8 Å². The number of aryl methyl sites for hydroxylation is 1. The number of aromatic nitrogens is 1. The fourth-order valence-corrected chi connectivity index (χ4v) is 5.05. The topological polar surface area (TPSA) is 111 Å². The van der Waals surface area contributed by atoms with E-state index < -0.39 is 11.9 Å². The Hall–Kier alpha value is -3.46. The minimum Gasteiger partial charge on any atom is -0.350 e. The van der Waals surface area contributed by atoms with Crippen LogP contribution in [0.3, 0.4) is 0 Å². The molecule has 5 rings (SSSR count). The number of hydrogen-bond acceptors (Lipinski definition) is 4. The van der Waals surface area contributed by atoms with Gasteiger partial charge in [-0.25, -0.2) is 0 Å². The normalized spacial score (nSPS) is 17.9. The first-order valence-corrected chi connectivity index (χ1v) is 11.5. The number of carbonyl (C=O) groups is 4. The molecule has 1 fully saturated rings. The van der Waals surface area contributed by atoms with E-state index in [4.69, 9.17) is 0 Å². The molecule has 33 heavy (non-hydrogen) atoms. The molecule has 1 unspecified atom stereocenters. The maximum absolute atomic E-state index is 12.9. The molecule has 168 valence electrons. The number of nitrogens with zero attached hydrogens (tertiary/aromatic N) is 1. The van der Waals surface area contributed by atoms with E-state index in [9.17, 15) is 19.2 Å². The van der Waals surface area contributed by atoms with Crippen LogP contribution in [0.5, 0.6) is 0 Å². The quantitative estimate of drug-likeness (QED) is 0.468. The number of H-pyrrole nitrogens is 1. The van der Waals surface area contributed by atoms with Crippen LogP contribution in [0.25, 0.3) is 10.9 Å². The maximum atomic E-state index is 12.9. The van der Waals surface area contributed by atoms with E-state index in [1.54, 1.807) is 18.2 Å². The third-order valence-electron chi connectivity index (χ3n) is 6.18. The van der Waals surface area contributed by atoms with Crippen molar-refractivity contribution >= 4 is 56.1 Å². The lowest BCUT2D eigenvalue weighted by molar-refractivity contribution is -0.136. The van der Waals surface area contributed by atoms with Crippen molar-refractivity contribution in [2.45, 2.75) is 38.8 Å². The van der Waals surface area contributed by atoms with Crippen molar-refractivity contribution in [1.82, 2.24) is 15.2 Å². The van der Waals surface area contributed by atoms with E-state index in [0.717, 1.165) is 32.9 Å². The van der Waals surface area contributed by atoms with Gasteiger partial charge in [-0.1, -0.05) is 22.9 Å². The van der Waals surface area contributed by atoms with Crippen LogP contribution in [-0.2, 0) is 22.6 Å². The van der Waals surface area contributed by atoms with Crippen molar-refractivity contribution in [1.29, 1.82) is 0 Å². The first kappa shape index (κ1) is 21.4. The zero-order valence-corrected chi connectivity index (χ0v) is 19.4. The number of nitrogens with one attached hydrogen (secondary N) is 3. The van der Waals surface area contributed by atoms with E-state index in [1.165, 1.54) is 4.90 Å². The number of piperidine rings is 1. The molecule has 1 atom stereocenters. The van der Waals surface area contributed by atoms with Crippen molar-refractivity contribution in [3.63, 3.8) is 0 Å². The van der Waals surface area contributed by atoms with Gasteiger partial charge >= 0.3 is 0 Å². The highest BCUT2D eigenvalue weighted by molar-refractivity contribution is 9.10. The van der Waals surface area contributed by atoms with Crippen LogP contribution in [0.4, 0.5) is 5.69 Å². The van der Waals surface area contributed by atoms with Gasteiger partial charge in [0.1, 0.15) is 11.7 Å². The lowest BCUT2D eigenvalue weighted by Gasteiger charge is -2.29. The Kier molecular flexibility index (Phi) is 5.28. The number of imide groups is 1. The molecule has 9 heteroatoms. The number of carbonyl (C=O) groups excluding carboxylic acids is 4. The minimum absolute atomic E-state index is 0.207. The predicted octanol–water partition coefficient (Wildman–Crippen LogP) is 3.51. The van der Waals surface area contributed by atoms with Crippen molar-refractivity contribution in [2.75, 3.05) is 5.32 Å². The highest BCUT2D eigenvalue weighted by atomic mass is 79.9. The van der Waals surface area contributed by atoms with Gasteiger partial charge in [-0.3, -0.25) is 24.5 Å². The van der Waals surface area contributed by atoms with Crippen molar-refractivity contribution < 1.29 is 19.2 Å². The molecule has 0 radical (unpaired) electrons. The summed E-state index contributed by atoms with van der Waals surface area (Å²) in [5.74, 6) is -1.29. The molecule has 2 aliphatic rings.